The molecule has 8 heteroatoms. The molecule has 0 saturated heterocycles. The molecule has 0 N–H and O–H groups in total. The molecule has 0 spiro atoms. The van der Waals surface area contributed by atoms with Crippen LogP contribution < -0.4 is 4.74 Å². The molecule has 2 heterocycles. The van der Waals surface area contributed by atoms with Crippen LogP contribution in [0, 0.1) is 17.2 Å². The highest BCUT2D eigenvalue weighted by molar-refractivity contribution is 5.80. The van der Waals surface area contributed by atoms with Crippen molar-refractivity contribution in [2.75, 3.05) is 0 Å². The number of nitriles is 1. The standard InChI is InChI=1S/C18H15F3N4O/c1-11(2)9-15-17-16(8-3-12(10-22)23-17)25(24-15)13-4-6-14(7-5-13)26-18(19,20)21/h3-8,11H,9H2,1-2H3. The van der Waals surface area contributed by atoms with Crippen molar-refractivity contribution in [2.24, 2.45) is 5.92 Å². The maximum Gasteiger partial charge on any atom is 0.573 e. The molecule has 0 fully saturated rings. The van der Waals surface area contributed by atoms with Gasteiger partial charge in [-0.15, -0.1) is 13.2 Å². The minimum Gasteiger partial charge on any atom is -0.406 e. The summed E-state index contributed by atoms with van der Waals surface area (Å²) in [6.07, 6.45) is -4.07. The average molecular weight is 360 g/mol. The molecule has 2 aromatic heterocycles. The average Bonchev–Trinajstić information content (AvgIpc) is 2.91. The summed E-state index contributed by atoms with van der Waals surface area (Å²) in [6, 6.07) is 10.8. The number of halogens is 3. The van der Waals surface area contributed by atoms with E-state index in [1.807, 2.05) is 19.9 Å². The fourth-order valence-corrected chi connectivity index (χ4v) is 2.63. The molecule has 0 aliphatic rings. The summed E-state index contributed by atoms with van der Waals surface area (Å²) in [4.78, 5) is 4.34. The van der Waals surface area contributed by atoms with Gasteiger partial charge in [0.1, 0.15) is 23.0 Å². The van der Waals surface area contributed by atoms with E-state index in [2.05, 4.69) is 14.8 Å². The molecule has 0 unspecified atom stereocenters. The number of nitrogens with zero attached hydrogens (tertiary/aromatic N) is 4. The molecule has 0 amide bonds. The van der Waals surface area contributed by atoms with Gasteiger partial charge in [-0.2, -0.15) is 10.4 Å². The largest absolute Gasteiger partial charge is 0.573 e. The summed E-state index contributed by atoms with van der Waals surface area (Å²) in [5, 5.41) is 13.6. The number of pyridine rings is 1. The molecule has 134 valence electrons. The number of ether oxygens (including phenoxy) is 1. The number of alkyl halides is 3. The molecule has 0 bridgehead atoms. The van der Waals surface area contributed by atoms with Gasteiger partial charge >= 0.3 is 6.36 Å². The van der Waals surface area contributed by atoms with Crippen LogP contribution in [-0.4, -0.2) is 21.1 Å². The molecule has 3 rings (SSSR count). The van der Waals surface area contributed by atoms with Crippen molar-refractivity contribution in [1.82, 2.24) is 14.8 Å². The molecule has 0 atom stereocenters. The van der Waals surface area contributed by atoms with Gasteiger partial charge in [0.05, 0.1) is 16.9 Å². The first-order chi connectivity index (χ1) is 12.3. The summed E-state index contributed by atoms with van der Waals surface area (Å²) in [6.45, 7) is 4.09. The predicted octanol–water partition coefficient (Wildman–Crippen LogP) is 4.39. The summed E-state index contributed by atoms with van der Waals surface area (Å²) in [5.74, 6) is 0.0293. The third kappa shape index (κ3) is 3.77. The Morgan fingerprint density at radius 2 is 1.85 bits per heavy atom. The van der Waals surface area contributed by atoms with Crippen molar-refractivity contribution in [3.8, 4) is 17.5 Å². The summed E-state index contributed by atoms with van der Waals surface area (Å²) >= 11 is 0. The summed E-state index contributed by atoms with van der Waals surface area (Å²) < 4.78 is 42.4. The maximum absolute atomic E-state index is 12.3. The highest BCUT2D eigenvalue weighted by Crippen LogP contribution is 2.26. The lowest BCUT2D eigenvalue weighted by Crippen LogP contribution is -2.17. The van der Waals surface area contributed by atoms with E-state index in [0.717, 1.165) is 5.69 Å². The second-order valence-corrected chi connectivity index (χ2v) is 6.17. The third-order valence-electron chi connectivity index (χ3n) is 3.63. The van der Waals surface area contributed by atoms with Crippen molar-refractivity contribution >= 4 is 11.0 Å². The second-order valence-electron chi connectivity index (χ2n) is 6.17. The Morgan fingerprint density at radius 1 is 1.15 bits per heavy atom. The van der Waals surface area contributed by atoms with E-state index < -0.39 is 6.36 Å². The predicted molar refractivity (Wildman–Crippen MR) is 88.8 cm³/mol. The van der Waals surface area contributed by atoms with Crippen molar-refractivity contribution in [3.05, 3.63) is 47.8 Å². The molecule has 3 aromatic rings. The molecule has 5 nitrogen and oxygen atoms in total. The number of benzene rings is 1. The molecule has 1 aromatic carbocycles. The van der Waals surface area contributed by atoms with Gasteiger partial charge in [-0.3, -0.25) is 0 Å². The number of rotatable bonds is 4. The molecule has 0 aliphatic heterocycles. The number of fused-ring (bicyclic) bond motifs is 1. The monoisotopic (exact) mass is 360 g/mol. The number of hydrogen-bond donors (Lipinski definition) is 0. The second kappa shape index (κ2) is 6.67. The van der Waals surface area contributed by atoms with Crippen molar-refractivity contribution < 1.29 is 17.9 Å². The van der Waals surface area contributed by atoms with E-state index in [4.69, 9.17) is 5.26 Å². The Bertz CT molecular complexity index is 969. The molecule has 0 radical (unpaired) electrons. The Hall–Kier alpha value is -3.08. The highest BCUT2D eigenvalue weighted by atomic mass is 19.4. The smallest absolute Gasteiger partial charge is 0.406 e. The van der Waals surface area contributed by atoms with Gasteiger partial charge < -0.3 is 4.74 Å². The van der Waals surface area contributed by atoms with Crippen LogP contribution in [0.4, 0.5) is 13.2 Å². The SMILES string of the molecule is CC(C)Cc1nn(-c2ccc(OC(F)(F)F)cc2)c2ccc(C#N)nc12. The van der Waals surface area contributed by atoms with E-state index >= 15 is 0 Å². The van der Waals surface area contributed by atoms with Crippen LogP contribution in [0.25, 0.3) is 16.7 Å². The minimum atomic E-state index is -4.73. The lowest BCUT2D eigenvalue weighted by atomic mass is 10.1. The van der Waals surface area contributed by atoms with Crippen LogP contribution in [0.15, 0.2) is 36.4 Å². The maximum atomic E-state index is 12.3. The van der Waals surface area contributed by atoms with Gasteiger partial charge in [0.25, 0.3) is 0 Å². The lowest BCUT2D eigenvalue weighted by Gasteiger charge is -2.09. The van der Waals surface area contributed by atoms with Crippen LogP contribution in [0.1, 0.15) is 25.2 Å². The van der Waals surface area contributed by atoms with Crippen molar-refractivity contribution in [1.29, 1.82) is 5.26 Å². The van der Waals surface area contributed by atoms with Gasteiger partial charge in [0.15, 0.2) is 0 Å². The van der Waals surface area contributed by atoms with Crippen LogP contribution >= 0.6 is 0 Å². The van der Waals surface area contributed by atoms with Crippen molar-refractivity contribution in [3.63, 3.8) is 0 Å². The van der Waals surface area contributed by atoms with Crippen molar-refractivity contribution in [2.45, 2.75) is 26.6 Å². The summed E-state index contributed by atoms with van der Waals surface area (Å²) in [7, 11) is 0. The molecular formula is C18H15F3N4O. The molecule has 26 heavy (non-hydrogen) atoms. The van der Waals surface area contributed by atoms with E-state index in [1.165, 1.54) is 24.3 Å². The van der Waals surface area contributed by atoms with Gasteiger partial charge in [-0.25, -0.2) is 9.67 Å². The van der Waals surface area contributed by atoms with Crippen LogP contribution in [0.2, 0.25) is 0 Å². The zero-order valence-corrected chi connectivity index (χ0v) is 14.1. The Morgan fingerprint density at radius 3 is 2.42 bits per heavy atom. The first kappa shape index (κ1) is 17.7. The van der Waals surface area contributed by atoms with Gasteiger partial charge in [0.2, 0.25) is 0 Å². The van der Waals surface area contributed by atoms with E-state index in [0.29, 0.717) is 29.1 Å². The highest BCUT2D eigenvalue weighted by Gasteiger charge is 2.31. The van der Waals surface area contributed by atoms with E-state index in [1.54, 1.807) is 16.8 Å². The fourth-order valence-electron chi connectivity index (χ4n) is 2.63. The Kier molecular flexibility index (Phi) is 4.55. The first-order valence-electron chi connectivity index (χ1n) is 7.92. The molecule has 0 saturated carbocycles. The van der Waals surface area contributed by atoms with E-state index in [9.17, 15) is 13.2 Å². The van der Waals surface area contributed by atoms with Gasteiger partial charge in [-0.1, -0.05) is 13.8 Å². The normalized spacial score (nSPS) is 11.7. The van der Waals surface area contributed by atoms with E-state index in [-0.39, 0.29) is 11.4 Å². The zero-order valence-electron chi connectivity index (χ0n) is 14.1. The quantitative estimate of drug-likeness (QED) is 0.692. The topological polar surface area (TPSA) is 63.7 Å². The van der Waals surface area contributed by atoms with Gasteiger partial charge in [0, 0.05) is 0 Å². The lowest BCUT2D eigenvalue weighted by molar-refractivity contribution is -0.274. The fraction of sp³-hybridized carbons (Fsp3) is 0.278. The van der Waals surface area contributed by atoms with Gasteiger partial charge in [-0.05, 0) is 48.7 Å². The minimum absolute atomic E-state index is 0.288. The Labute approximate surface area is 147 Å². The third-order valence-corrected chi connectivity index (χ3v) is 3.63. The van der Waals surface area contributed by atoms with Crippen LogP contribution in [0.3, 0.4) is 0 Å². The summed E-state index contributed by atoms with van der Waals surface area (Å²) in [5.41, 5.74) is 2.90. The molecular weight excluding hydrogens is 345 g/mol. The van der Waals surface area contributed by atoms with Crippen LogP contribution in [-0.2, 0) is 6.42 Å². The Balaban J connectivity index is 2.06. The number of aromatic nitrogens is 3. The molecule has 0 aliphatic carbocycles. The first-order valence-corrected chi connectivity index (χ1v) is 7.92. The number of hydrogen-bond acceptors (Lipinski definition) is 4. The van der Waals surface area contributed by atoms with Crippen LogP contribution in [0.5, 0.6) is 5.75 Å². The zero-order chi connectivity index (χ0) is 18.9.